The maximum atomic E-state index is 13.2. The lowest BCUT2D eigenvalue weighted by Crippen LogP contribution is -2.34. The smallest absolute Gasteiger partial charge is 0.312 e. The molecule has 1 unspecified atom stereocenters. The fraction of sp³-hybridized carbons (Fsp3) is 0.615. The average molecular weight is 403 g/mol. The van der Waals surface area contributed by atoms with Crippen LogP contribution in [0.3, 0.4) is 0 Å². The van der Waals surface area contributed by atoms with Gasteiger partial charge < -0.3 is 4.74 Å². The summed E-state index contributed by atoms with van der Waals surface area (Å²) in [5.74, 6) is 1.54. The minimum Gasteiger partial charge on any atom is -0.312 e. The quantitative estimate of drug-likeness (QED) is 0.359. The van der Waals surface area contributed by atoms with Gasteiger partial charge in [-0.05, 0) is 42.2 Å². The molecule has 0 N–H and O–H groups in total. The van der Waals surface area contributed by atoms with E-state index in [9.17, 15) is 8.78 Å². The van der Waals surface area contributed by atoms with Crippen LogP contribution < -0.4 is 0 Å². The van der Waals surface area contributed by atoms with Crippen LogP contribution in [0.2, 0.25) is 0 Å². The van der Waals surface area contributed by atoms with Crippen molar-refractivity contribution in [2.45, 2.75) is 89.8 Å². The van der Waals surface area contributed by atoms with Gasteiger partial charge >= 0.3 is 6.61 Å². The molecule has 0 aromatic heterocycles. The number of rotatable bonds is 10. The summed E-state index contributed by atoms with van der Waals surface area (Å²) in [4.78, 5) is 0. The van der Waals surface area contributed by atoms with Crippen LogP contribution >= 0.6 is 0 Å². The van der Waals surface area contributed by atoms with Gasteiger partial charge in [0.25, 0.3) is 0 Å². The van der Waals surface area contributed by atoms with E-state index < -0.39 is 12.2 Å². The lowest BCUT2D eigenvalue weighted by molar-refractivity contribution is -0.194. The van der Waals surface area contributed by atoms with E-state index in [0.29, 0.717) is 18.8 Å². The Morgan fingerprint density at radius 3 is 2.28 bits per heavy atom. The van der Waals surface area contributed by atoms with Gasteiger partial charge in [-0.2, -0.15) is 8.78 Å². The second kappa shape index (κ2) is 11.1. The van der Waals surface area contributed by atoms with Gasteiger partial charge in [-0.3, -0.25) is 0 Å². The summed E-state index contributed by atoms with van der Waals surface area (Å²) in [6.07, 6.45) is 18.6. The summed E-state index contributed by atoms with van der Waals surface area (Å²) >= 11 is 0. The van der Waals surface area contributed by atoms with Crippen molar-refractivity contribution in [3.63, 3.8) is 0 Å². The Morgan fingerprint density at radius 1 is 1.00 bits per heavy atom. The molecule has 0 spiro atoms. The van der Waals surface area contributed by atoms with E-state index in [1.54, 1.807) is 0 Å². The number of halogens is 2. The zero-order valence-electron chi connectivity index (χ0n) is 17.8. The normalized spacial score (nSPS) is 27.2. The van der Waals surface area contributed by atoms with Crippen molar-refractivity contribution in [1.29, 1.82) is 0 Å². The third-order valence-corrected chi connectivity index (χ3v) is 6.82. The molecule has 0 saturated heterocycles. The monoisotopic (exact) mass is 402 g/mol. The number of allylic oxidation sites excluding steroid dienone is 2. The van der Waals surface area contributed by atoms with E-state index in [4.69, 9.17) is 4.74 Å². The lowest BCUT2D eigenvalue weighted by Gasteiger charge is -2.35. The highest BCUT2D eigenvalue weighted by Gasteiger charge is 2.34. The summed E-state index contributed by atoms with van der Waals surface area (Å²) in [7, 11) is 0. The predicted molar refractivity (Wildman–Crippen MR) is 117 cm³/mol. The zero-order valence-corrected chi connectivity index (χ0v) is 17.8. The fourth-order valence-corrected chi connectivity index (χ4v) is 4.95. The Bertz CT molecular complexity index is 659. The molecule has 1 nitrogen and oxygen atoms in total. The topological polar surface area (TPSA) is 9.23 Å². The molecule has 160 valence electrons. The molecule has 1 atom stereocenters. The summed E-state index contributed by atoms with van der Waals surface area (Å²) in [6, 6.07) is 10.1. The Labute approximate surface area is 175 Å². The van der Waals surface area contributed by atoms with Crippen molar-refractivity contribution >= 4 is 5.57 Å². The molecule has 1 saturated carbocycles. The molecule has 2 aliphatic rings. The van der Waals surface area contributed by atoms with Crippen molar-refractivity contribution in [3.05, 3.63) is 54.1 Å². The largest absolute Gasteiger partial charge is 0.346 e. The number of hydrogen-bond donors (Lipinski definition) is 0. The molecular weight excluding hydrogens is 366 g/mol. The molecule has 2 aliphatic carbocycles. The molecule has 3 rings (SSSR count). The minimum atomic E-state index is -2.74. The van der Waals surface area contributed by atoms with E-state index >= 15 is 0 Å². The van der Waals surface area contributed by atoms with Crippen molar-refractivity contribution in [1.82, 2.24) is 0 Å². The maximum absolute atomic E-state index is 13.2. The maximum Gasteiger partial charge on any atom is 0.346 e. The number of hydrogen-bond acceptors (Lipinski definition) is 1. The summed E-state index contributed by atoms with van der Waals surface area (Å²) in [5.41, 5.74) is 1.35. The van der Waals surface area contributed by atoms with Crippen LogP contribution in [-0.4, -0.2) is 12.2 Å². The Kier molecular flexibility index (Phi) is 8.47. The summed E-state index contributed by atoms with van der Waals surface area (Å²) in [5, 5.41) is 0. The van der Waals surface area contributed by atoms with Crippen LogP contribution in [0.25, 0.3) is 5.57 Å². The Hall–Kier alpha value is -1.48. The van der Waals surface area contributed by atoms with Crippen LogP contribution in [0, 0.1) is 11.8 Å². The van der Waals surface area contributed by atoms with E-state index in [0.717, 1.165) is 23.5 Å². The van der Waals surface area contributed by atoms with Gasteiger partial charge in [0, 0.05) is 0 Å². The van der Waals surface area contributed by atoms with Crippen LogP contribution in [0.15, 0.2) is 48.6 Å². The number of unbranched alkanes of at least 4 members (excludes halogenated alkanes) is 2. The van der Waals surface area contributed by atoms with Gasteiger partial charge in [-0.25, -0.2) is 0 Å². The molecular formula is C26H36F2O. The molecule has 0 amide bonds. The summed E-state index contributed by atoms with van der Waals surface area (Å²) < 4.78 is 31.5. The number of benzene rings is 1. The Morgan fingerprint density at radius 2 is 1.69 bits per heavy atom. The summed E-state index contributed by atoms with van der Waals surface area (Å²) in [6.45, 7) is -0.480. The first-order valence-corrected chi connectivity index (χ1v) is 11.5. The van der Waals surface area contributed by atoms with Crippen LogP contribution in [0.1, 0.15) is 83.1 Å². The first-order valence-electron chi connectivity index (χ1n) is 11.5. The highest BCUT2D eigenvalue weighted by Crippen LogP contribution is 2.39. The molecule has 0 radical (unpaired) electrons. The SMILES string of the molecule is CCCCCC1CCC(CCC2(OC(F)F)C=CC(c3ccccc3)=CC2)CC1. The second-order valence-corrected chi connectivity index (χ2v) is 8.93. The Balaban J connectivity index is 1.52. The van der Waals surface area contributed by atoms with Gasteiger partial charge in [0.05, 0.1) is 5.60 Å². The molecule has 0 aliphatic heterocycles. The lowest BCUT2D eigenvalue weighted by atomic mass is 9.76. The van der Waals surface area contributed by atoms with Gasteiger partial charge in [-0.1, -0.05) is 107 Å². The number of alkyl halides is 2. The molecule has 29 heavy (non-hydrogen) atoms. The van der Waals surface area contributed by atoms with Crippen molar-refractivity contribution in [2.75, 3.05) is 0 Å². The molecule has 1 fully saturated rings. The van der Waals surface area contributed by atoms with Gasteiger partial charge in [-0.15, -0.1) is 0 Å². The van der Waals surface area contributed by atoms with E-state index in [1.165, 1.54) is 51.4 Å². The van der Waals surface area contributed by atoms with Crippen LogP contribution in [0.4, 0.5) is 8.78 Å². The van der Waals surface area contributed by atoms with E-state index in [1.807, 2.05) is 30.4 Å². The highest BCUT2D eigenvalue weighted by molar-refractivity contribution is 5.75. The highest BCUT2D eigenvalue weighted by atomic mass is 19.3. The predicted octanol–water partition coefficient (Wildman–Crippen LogP) is 8.17. The molecule has 0 heterocycles. The minimum absolute atomic E-state index is 0.518. The van der Waals surface area contributed by atoms with Gasteiger partial charge in [0.2, 0.25) is 0 Å². The first kappa shape index (κ1) is 22.2. The molecule has 1 aromatic rings. The van der Waals surface area contributed by atoms with Gasteiger partial charge in [0.15, 0.2) is 0 Å². The van der Waals surface area contributed by atoms with Crippen LogP contribution in [-0.2, 0) is 4.74 Å². The van der Waals surface area contributed by atoms with Crippen molar-refractivity contribution < 1.29 is 13.5 Å². The molecule has 3 heteroatoms. The van der Waals surface area contributed by atoms with Crippen LogP contribution in [0.5, 0.6) is 0 Å². The van der Waals surface area contributed by atoms with Crippen molar-refractivity contribution in [2.24, 2.45) is 11.8 Å². The molecule has 1 aromatic carbocycles. The fourth-order valence-electron chi connectivity index (χ4n) is 4.95. The van der Waals surface area contributed by atoms with E-state index in [-0.39, 0.29) is 0 Å². The van der Waals surface area contributed by atoms with Crippen molar-refractivity contribution in [3.8, 4) is 0 Å². The molecule has 0 bridgehead atoms. The average Bonchev–Trinajstić information content (AvgIpc) is 2.74. The second-order valence-electron chi connectivity index (χ2n) is 8.93. The zero-order chi connectivity index (χ0) is 20.5. The number of ether oxygens (including phenoxy) is 1. The third kappa shape index (κ3) is 6.77. The third-order valence-electron chi connectivity index (χ3n) is 6.82. The van der Waals surface area contributed by atoms with Gasteiger partial charge in [0.1, 0.15) is 0 Å². The standard InChI is InChI=1S/C26H36F2O/c1-2-3-5-8-21-11-13-22(14-12-21)15-18-26(29-25(27)28)19-16-24(17-20-26)23-9-6-4-7-10-23/h4,6-7,9-10,16-17,19,21-22,25H,2-3,5,8,11-15,18,20H2,1H3. The first-order chi connectivity index (χ1) is 14.1. The van der Waals surface area contributed by atoms with E-state index in [2.05, 4.69) is 25.1 Å².